The number of nitrogens with one attached hydrogen (secondary N) is 2. The molecule has 2 aromatic rings. The number of benzene rings is 1. The average Bonchev–Trinajstić information content (AvgIpc) is 3.29. The number of rotatable bonds is 7. The zero-order chi connectivity index (χ0) is 20.8. The molecule has 1 aromatic heterocycles. The molecule has 0 spiro atoms. The normalized spacial score (nSPS) is 17.2. The second-order valence-electron chi connectivity index (χ2n) is 8.68. The van der Waals surface area contributed by atoms with Gasteiger partial charge in [0, 0.05) is 42.6 Å². The van der Waals surface area contributed by atoms with Gasteiger partial charge in [-0.3, -0.25) is 4.79 Å². The number of aryl methyl sites for hydroxylation is 1. The van der Waals surface area contributed by atoms with E-state index in [1.165, 1.54) is 44.9 Å². The standard InChI is InChI=1S/C24H33N5O/c1-18-17-22(28-24(25-18)29-15-5-6-16-29)26-20-10-12-21(13-11-20)27-23(30)14-9-19-7-3-2-4-8-19/h10-13,17,19H,2-9,14-16H2,1H3,(H,27,30)(H,25,26,28). The molecule has 6 heteroatoms. The van der Waals surface area contributed by atoms with Crippen molar-refractivity contribution < 1.29 is 4.79 Å². The summed E-state index contributed by atoms with van der Waals surface area (Å²) in [6, 6.07) is 9.79. The number of carbonyl (C=O) groups is 1. The van der Waals surface area contributed by atoms with Crippen molar-refractivity contribution in [2.45, 2.75) is 64.7 Å². The van der Waals surface area contributed by atoms with E-state index in [1.807, 2.05) is 37.3 Å². The van der Waals surface area contributed by atoms with Gasteiger partial charge in [0.2, 0.25) is 11.9 Å². The molecule has 4 rings (SSSR count). The maximum absolute atomic E-state index is 12.3. The predicted molar refractivity (Wildman–Crippen MR) is 122 cm³/mol. The summed E-state index contributed by atoms with van der Waals surface area (Å²) in [5.74, 6) is 2.45. The first-order chi connectivity index (χ1) is 14.7. The van der Waals surface area contributed by atoms with Gasteiger partial charge in [-0.05, 0) is 56.4 Å². The molecular weight excluding hydrogens is 374 g/mol. The second kappa shape index (κ2) is 9.92. The summed E-state index contributed by atoms with van der Waals surface area (Å²) >= 11 is 0. The maximum Gasteiger partial charge on any atom is 0.227 e. The Bertz CT molecular complexity index is 839. The van der Waals surface area contributed by atoms with Crippen LogP contribution in [0.25, 0.3) is 0 Å². The first-order valence-corrected chi connectivity index (χ1v) is 11.4. The Hall–Kier alpha value is -2.63. The predicted octanol–water partition coefficient (Wildman–Crippen LogP) is 5.43. The van der Waals surface area contributed by atoms with E-state index in [0.29, 0.717) is 6.42 Å². The zero-order valence-corrected chi connectivity index (χ0v) is 18.0. The summed E-state index contributed by atoms with van der Waals surface area (Å²) in [5.41, 5.74) is 2.74. The minimum Gasteiger partial charge on any atom is -0.341 e. The van der Waals surface area contributed by atoms with Crippen molar-refractivity contribution in [2.24, 2.45) is 5.92 Å². The van der Waals surface area contributed by atoms with Gasteiger partial charge >= 0.3 is 0 Å². The zero-order valence-electron chi connectivity index (χ0n) is 18.0. The van der Waals surface area contributed by atoms with Crippen LogP contribution < -0.4 is 15.5 Å². The Labute approximate surface area is 179 Å². The van der Waals surface area contributed by atoms with Crippen LogP contribution in [-0.4, -0.2) is 29.0 Å². The lowest BCUT2D eigenvalue weighted by Crippen LogP contribution is -2.21. The van der Waals surface area contributed by atoms with Crippen LogP contribution in [0.5, 0.6) is 0 Å². The quantitative estimate of drug-likeness (QED) is 0.641. The van der Waals surface area contributed by atoms with Crippen LogP contribution in [-0.2, 0) is 4.79 Å². The molecule has 0 radical (unpaired) electrons. The smallest absolute Gasteiger partial charge is 0.227 e. The van der Waals surface area contributed by atoms with E-state index in [2.05, 4.69) is 25.5 Å². The van der Waals surface area contributed by atoms with E-state index in [1.54, 1.807) is 0 Å². The van der Waals surface area contributed by atoms with Crippen LogP contribution in [0.3, 0.4) is 0 Å². The molecular formula is C24H33N5O. The Morgan fingerprint density at radius 3 is 2.43 bits per heavy atom. The van der Waals surface area contributed by atoms with Gasteiger partial charge in [-0.15, -0.1) is 0 Å². The highest BCUT2D eigenvalue weighted by atomic mass is 16.1. The third-order valence-electron chi connectivity index (χ3n) is 6.18. The second-order valence-corrected chi connectivity index (χ2v) is 8.68. The summed E-state index contributed by atoms with van der Waals surface area (Å²) in [7, 11) is 0. The molecule has 6 nitrogen and oxygen atoms in total. The van der Waals surface area contributed by atoms with Crippen LogP contribution in [0.15, 0.2) is 30.3 Å². The topological polar surface area (TPSA) is 70.2 Å². The molecule has 1 aliphatic carbocycles. The fourth-order valence-electron chi connectivity index (χ4n) is 4.49. The summed E-state index contributed by atoms with van der Waals surface area (Å²) in [6.45, 7) is 4.05. The van der Waals surface area contributed by atoms with E-state index in [4.69, 9.17) is 0 Å². The van der Waals surface area contributed by atoms with Gasteiger partial charge in [0.05, 0.1) is 0 Å². The minimum absolute atomic E-state index is 0.114. The number of aromatic nitrogens is 2. The molecule has 2 fully saturated rings. The first-order valence-electron chi connectivity index (χ1n) is 11.4. The van der Waals surface area contributed by atoms with Crippen molar-refractivity contribution in [1.82, 2.24) is 9.97 Å². The van der Waals surface area contributed by atoms with Gasteiger partial charge in [0.1, 0.15) is 5.82 Å². The third-order valence-corrected chi connectivity index (χ3v) is 6.18. The Kier molecular flexibility index (Phi) is 6.82. The highest BCUT2D eigenvalue weighted by Crippen LogP contribution is 2.27. The minimum atomic E-state index is 0.114. The molecule has 1 amide bonds. The Morgan fingerprint density at radius 1 is 1.00 bits per heavy atom. The van der Waals surface area contributed by atoms with Crippen LogP contribution in [0.4, 0.5) is 23.1 Å². The summed E-state index contributed by atoms with van der Waals surface area (Å²) in [4.78, 5) is 23.8. The molecule has 160 valence electrons. The van der Waals surface area contributed by atoms with Crippen LogP contribution in [0.2, 0.25) is 0 Å². The van der Waals surface area contributed by atoms with Gasteiger partial charge in [0.15, 0.2) is 0 Å². The number of hydrogen-bond acceptors (Lipinski definition) is 5. The number of amides is 1. The highest BCUT2D eigenvalue weighted by molar-refractivity contribution is 5.90. The molecule has 1 saturated carbocycles. The number of carbonyl (C=O) groups excluding carboxylic acids is 1. The monoisotopic (exact) mass is 407 g/mol. The molecule has 2 heterocycles. The van der Waals surface area contributed by atoms with Crippen molar-refractivity contribution >= 4 is 29.0 Å². The van der Waals surface area contributed by atoms with Crippen LogP contribution in [0.1, 0.15) is 63.5 Å². The first kappa shape index (κ1) is 20.6. The van der Waals surface area contributed by atoms with Crippen LogP contribution in [0, 0.1) is 12.8 Å². The number of nitrogens with zero attached hydrogens (tertiary/aromatic N) is 3. The van der Waals surface area contributed by atoms with E-state index in [-0.39, 0.29) is 5.91 Å². The molecule has 0 unspecified atom stereocenters. The molecule has 0 bridgehead atoms. The van der Waals surface area contributed by atoms with Crippen molar-refractivity contribution in [3.63, 3.8) is 0 Å². The summed E-state index contributed by atoms with van der Waals surface area (Å²) in [6.07, 6.45) is 10.6. The fraction of sp³-hybridized carbons (Fsp3) is 0.542. The molecule has 30 heavy (non-hydrogen) atoms. The highest BCUT2D eigenvalue weighted by Gasteiger charge is 2.16. The van der Waals surface area contributed by atoms with Crippen molar-refractivity contribution in [3.05, 3.63) is 36.0 Å². The average molecular weight is 408 g/mol. The summed E-state index contributed by atoms with van der Waals surface area (Å²) < 4.78 is 0. The van der Waals surface area contributed by atoms with Gasteiger partial charge in [-0.1, -0.05) is 32.1 Å². The van der Waals surface area contributed by atoms with Crippen molar-refractivity contribution in [2.75, 3.05) is 28.6 Å². The van der Waals surface area contributed by atoms with Gasteiger partial charge in [-0.2, -0.15) is 4.98 Å². The maximum atomic E-state index is 12.3. The lowest BCUT2D eigenvalue weighted by molar-refractivity contribution is -0.116. The van der Waals surface area contributed by atoms with E-state index in [9.17, 15) is 4.79 Å². The van der Waals surface area contributed by atoms with Gasteiger partial charge in [-0.25, -0.2) is 4.98 Å². The molecule has 2 N–H and O–H groups in total. The Morgan fingerprint density at radius 2 is 1.70 bits per heavy atom. The lowest BCUT2D eigenvalue weighted by atomic mass is 9.86. The van der Waals surface area contributed by atoms with Gasteiger partial charge < -0.3 is 15.5 Å². The lowest BCUT2D eigenvalue weighted by Gasteiger charge is -2.21. The van der Waals surface area contributed by atoms with Crippen LogP contribution >= 0.6 is 0 Å². The Balaban J connectivity index is 1.30. The molecule has 0 atom stereocenters. The summed E-state index contributed by atoms with van der Waals surface area (Å²) in [5, 5.41) is 6.40. The van der Waals surface area contributed by atoms with Crippen molar-refractivity contribution in [1.29, 1.82) is 0 Å². The molecule has 1 aliphatic heterocycles. The van der Waals surface area contributed by atoms with E-state index in [0.717, 1.165) is 54.3 Å². The van der Waals surface area contributed by atoms with Crippen molar-refractivity contribution in [3.8, 4) is 0 Å². The molecule has 2 aliphatic rings. The number of anilines is 4. The number of hydrogen-bond donors (Lipinski definition) is 2. The van der Waals surface area contributed by atoms with Gasteiger partial charge in [0.25, 0.3) is 0 Å². The molecule has 1 aromatic carbocycles. The SMILES string of the molecule is Cc1cc(Nc2ccc(NC(=O)CCC3CCCCC3)cc2)nc(N2CCCC2)n1. The third kappa shape index (κ3) is 5.71. The molecule has 1 saturated heterocycles. The van der Waals surface area contributed by atoms with E-state index >= 15 is 0 Å². The fourth-order valence-corrected chi connectivity index (χ4v) is 4.49. The largest absolute Gasteiger partial charge is 0.341 e. The van der Waals surface area contributed by atoms with E-state index < -0.39 is 0 Å².